The Bertz CT molecular complexity index is 1000. The highest BCUT2D eigenvalue weighted by Crippen LogP contribution is 2.32. The van der Waals surface area contributed by atoms with Crippen LogP contribution in [-0.2, 0) is 17.8 Å². The van der Waals surface area contributed by atoms with Crippen molar-refractivity contribution in [1.29, 1.82) is 0 Å². The minimum absolute atomic E-state index is 0.207. The van der Waals surface area contributed by atoms with Gasteiger partial charge in [-0.1, -0.05) is 41.6 Å². The van der Waals surface area contributed by atoms with Gasteiger partial charge in [0.05, 0.1) is 5.25 Å². The number of thioether (sulfide) groups is 1. The van der Waals surface area contributed by atoms with Gasteiger partial charge in [0, 0.05) is 26.6 Å². The van der Waals surface area contributed by atoms with Crippen molar-refractivity contribution in [1.82, 2.24) is 5.32 Å². The molecule has 0 bridgehead atoms. The molecule has 1 fully saturated rings. The van der Waals surface area contributed by atoms with Gasteiger partial charge in [-0.3, -0.25) is 14.9 Å². The maximum atomic E-state index is 11.7. The van der Waals surface area contributed by atoms with Gasteiger partial charge in [-0.2, -0.15) is 0 Å². The summed E-state index contributed by atoms with van der Waals surface area (Å²) in [5.41, 5.74) is 0.939. The Hall–Kier alpha value is -2.02. The summed E-state index contributed by atoms with van der Waals surface area (Å²) < 4.78 is 6.99. The standard InChI is InChI=1S/C19H14ClNO3S2/c20-15-4-2-1-3-11(15)10-24-13-5-6-16-12(7-13)8-14(25-16)9-17-18(22)21-19(23)26-17/h1-8,17H,9-10H2,(H,21,22,23). The van der Waals surface area contributed by atoms with Crippen molar-refractivity contribution in [3.05, 3.63) is 64.0 Å². The van der Waals surface area contributed by atoms with Crippen LogP contribution in [0.15, 0.2) is 48.5 Å². The molecule has 1 unspecified atom stereocenters. The highest BCUT2D eigenvalue weighted by molar-refractivity contribution is 8.15. The molecule has 3 aromatic rings. The minimum Gasteiger partial charge on any atom is -0.489 e. The van der Waals surface area contributed by atoms with Crippen LogP contribution < -0.4 is 10.1 Å². The van der Waals surface area contributed by atoms with Crippen molar-refractivity contribution >= 4 is 55.9 Å². The van der Waals surface area contributed by atoms with Gasteiger partial charge < -0.3 is 4.74 Å². The molecule has 0 saturated carbocycles. The van der Waals surface area contributed by atoms with Crippen LogP contribution in [0.5, 0.6) is 5.75 Å². The van der Waals surface area contributed by atoms with E-state index in [1.54, 1.807) is 11.3 Å². The number of nitrogens with one attached hydrogen (secondary N) is 1. The molecule has 0 aliphatic carbocycles. The van der Waals surface area contributed by atoms with Gasteiger partial charge in [-0.15, -0.1) is 11.3 Å². The topological polar surface area (TPSA) is 55.4 Å². The van der Waals surface area contributed by atoms with E-state index in [1.807, 2.05) is 42.5 Å². The molecule has 1 aliphatic rings. The van der Waals surface area contributed by atoms with Crippen LogP contribution in [0, 0.1) is 0 Å². The first-order valence-corrected chi connectivity index (χ1v) is 10.1. The zero-order chi connectivity index (χ0) is 18.1. The number of carbonyl (C=O) groups is 2. The molecule has 2 aromatic carbocycles. The summed E-state index contributed by atoms with van der Waals surface area (Å²) >= 11 is 8.85. The number of rotatable bonds is 5. The summed E-state index contributed by atoms with van der Waals surface area (Å²) in [6.45, 7) is 0.406. The zero-order valence-electron chi connectivity index (χ0n) is 13.5. The first-order chi connectivity index (χ1) is 12.6. The van der Waals surface area contributed by atoms with Gasteiger partial charge >= 0.3 is 0 Å². The van der Waals surface area contributed by atoms with Gasteiger partial charge in [0.25, 0.3) is 5.24 Å². The Morgan fingerprint density at radius 2 is 1.96 bits per heavy atom. The first-order valence-electron chi connectivity index (χ1n) is 7.98. The fourth-order valence-electron chi connectivity index (χ4n) is 2.75. The van der Waals surface area contributed by atoms with E-state index in [9.17, 15) is 9.59 Å². The molecule has 1 saturated heterocycles. The Kier molecular flexibility index (Phi) is 4.89. The molecule has 1 aliphatic heterocycles. The van der Waals surface area contributed by atoms with Crippen molar-refractivity contribution in [2.24, 2.45) is 0 Å². The summed E-state index contributed by atoms with van der Waals surface area (Å²) in [5, 5.41) is 3.47. The Morgan fingerprint density at radius 1 is 1.12 bits per heavy atom. The third-order valence-corrected chi connectivity index (χ3v) is 6.53. The molecule has 7 heteroatoms. The first kappa shape index (κ1) is 17.4. The van der Waals surface area contributed by atoms with Crippen LogP contribution in [0.2, 0.25) is 5.02 Å². The predicted molar refractivity (Wildman–Crippen MR) is 106 cm³/mol. The molecule has 132 valence electrons. The fourth-order valence-corrected chi connectivity index (χ4v) is 4.99. The molecule has 2 heterocycles. The summed E-state index contributed by atoms with van der Waals surface area (Å²) in [6.07, 6.45) is 0.553. The number of hydrogen-bond acceptors (Lipinski definition) is 5. The number of thiophene rings is 1. The molecule has 0 spiro atoms. The van der Waals surface area contributed by atoms with Crippen LogP contribution in [0.25, 0.3) is 10.1 Å². The largest absolute Gasteiger partial charge is 0.489 e. The maximum absolute atomic E-state index is 11.7. The lowest BCUT2D eigenvalue weighted by Crippen LogP contribution is -2.25. The highest BCUT2D eigenvalue weighted by Gasteiger charge is 2.31. The summed E-state index contributed by atoms with van der Waals surface area (Å²) in [5.74, 6) is 0.561. The number of imide groups is 1. The average Bonchev–Trinajstić information content (AvgIpc) is 3.15. The van der Waals surface area contributed by atoms with E-state index in [-0.39, 0.29) is 16.4 Å². The Balaban J connectivity index is 1.48. The third-order valence-electron chi connectivity index (χ3n) is 4.04. The van der Waals surface area contributed by atoms with Gasteiger partial charge in [-0.05, 0) is 35.7 Å². The van der Waals surface area contributed by atoms with E-state index < -0.39 is 0 Å². The molecular weight excluding hydrogens is 390 g/mol. The monoisotopic (exact) mass is 403 g/mol. The van der Waals surface area contributed by atoms with Crippen LogP contribution in [-0.4, -0.2) is 16.4 Å². The van der Waals surface area contributed by atoms with Gasteiger partial charge in [0.2, 0.25) is 5.91 Å². The molecule has 0 radical (unpaired) electrons. The van der Waals surface area contributed by atoms with Crippen molar-refractivity contribution in [3.8, 4) is 5.75 Å². The number of benzene rings is 2. The minimum atomic E-state index is -0.341. The lowest BCUT2D eigenvalue weighted by atomic mass is 10.2. The van der Waals surface area contributed by atoms with E-state index in [0.717, 1.165) is 38.0 Å². The molecule has 1 aromatic heterocycles. The molecule has 2 amide bonds. The molecule has 4 nitrogen and oxygen atoms in total. The lowest BCUT2D eigenvalue weighted by Gasteiger charge is -2.07. The number of ether oxygens (including phenoxy) is 1. The van der Waals surface area contributed by atoms with E-state index in [1.165, 1.54) is 0 Å². The normalized spacial score (nSPS) is 16.9. The smallest absolute Gasteiger partial charge is 0.286 e. The van der Waals surface area contributed by atoms with Crippen LogP contribution >= 0.6 is 34.7 Å². The summed E-state index contributed by atoms with van der Waals surface area (Å²) in [4.78, 5) is 24.1. The van der Waals surface area contributed by atoms with E-state index in [4.69, 9.17) is 16.3 Å². The Morgan fingerprint density at radius 3 is 2.73 bits per heavy atom. The third kappa shape index (κ3) is 3.72. The molecule has 26 heavy (non-hydrogen) atoms. The zero-order valence-corrected chi connectivity index (χ0v) is 15.9. The van der Waals surface area contributed by atoms with E-state index in [0.29, 0.717) is 18.1 Å². The van der Waals surface area contributed by atoms with Crippen LogP contribution in [0.1, 0.15) is 10.4 Å². The molecule has 1 atom stereocenters. The second kappa shape index (κ2) is 7.31. The number of hydrogen-bond donors (Lipinski definition) is 1. The van der Waals surface area contributed by atoms with Crippen molar-refractivity contribution in [3.63, 3.8) is 0 Å². The van der Waals surface area contributed by atoms with Gasteiger partial charge in [0.15, 0.2) is 0 Å². The van der Waals surface area contributed by atoms with Gasteiger partial charge in [-0.25, -0.2) is 0 Å². The van der Waals surface area contributed by atoms with Crippen LogP contribution in [0.4, 0.5) is 4.79 Å². The van der Waals surface area contributed by atoms with Crippen molar-refractivity contribution < 1.29 is 14.3 Å². The molecular formula is C19H14ClNO3S2. The number of carbonyl (C=O) groups excluding carboxylic acids is 2. The second-order valence-corrected chi connectivity index (χ2v) is 8.63. The lowest BCUT2D eigenvalue weighted by molar-refractivity contribution is -0.118. The van der Waals surface area contributed by atoms with E-state index >= 15 is 0 Å². The predicted octanol–water partition coefficient (Wildman–Crippen LogP) is 5.03. The Labute approximate surface area is 163 Å². The summed E-state index contributed by atoms with van der Waals surface area (Å²) in [7, 11) is 0. The SMILES string of the molecule is O=C1NC(=O)C(Cc2cc3cc(OCc4ccccc4Cl)ccc3s2)S1. The highest BCUT2D eigenvalue weighted by atomic mass is 35.5. The second-order valence-electron chi connectivity index (χ2n) is 5.88. The van der Waals surface area contributed by atoms with Crippen LogP contribution in [0.3, 0.4) is 0 Å². The fraction of sp³-hybridized carbons (Fsp3) is 0.158. The maximum Gasteiger partial charge on any atom is 0.286 e. The molecule has 1 N–H and O–H groups in total. The number of fused-ring (bicyclic) bond motifs is 1. The van der Waals surface area contributed by atoms with E-state index in [2.05, 4.69) is 11.4 Å². The summed E-state index contributed by atoms with van der Waals surface area (Å²) in [6, 6.07) is 15.6. The number of amides is 2. The van der Waals surface area contributed by atoms with Gasteiger partial charge in [0.1, 0.15) is 12.4 Å². The van der Waals surface area contributed by atoms with Crippen molar-refractivity contribution in [2.45, 2.75) is 18.3 Å². The molecule has 4 rings (SSSR count). The average molecular weight is 404 g/mol. The quantitative estimate of drug-likeness (QED) is 0.649. The number of halogens is 1. The van der Waals surface area contributed by atoms with Crippen molar-refractivity contribution in [2.75, 3.05) is 0 Å².